The van der Waals surface area contributed by atoms with Gasteiger partial charge in [-0.2, -0.15) is 15.2 Å². The summed E-state index contributed by atoms with van der Waals surface area (Å²) in [5, 5.41) is 21.5. The molecule has 8 heteroatoms. The number of hydrogen-bond acceptors (Lipinski definition) is 6. The topological polar surface area (TPSA) is 98.6 Å². The van der Waals surface area contributed by atoms with Crippen molar-refractivity contribution in [1.29, 1.82) is 10.5 Å². The SMILES string of the molecule is CCSc1ncn(C(=O)N(CC#N)CC#N)n1. The Kier molecular flexibility index (Phi) is 4.98. The summed E-state index contributed by atoms with van der Waals surface area (Å²) in [6.07, 6.45) is 1.28. The highest BCUT2D eigenvalue weighted by Gasteiger charge is 2.16. The minimum Gasteiger partial charge on any atom is -0.296 e. The molecule has 0 bridgehead atoms. The minimum absolute atomic E-state index is 0.150. The molecule has 88 valence electrons. The van der Waals surface area contributed by atoms with Crippen molar-refractivity contribution in [2.45, 2.75) is 12.1 Å². The molecule has 1 aromatic heterocycles. The molecule has 0 aromatic carbocycles. The first-order chi connectivity index (χ1) is 8.22. The number of hydrogen-bond donors (Lipinski definition) is 0. The normalized spacial score (nSPS) is 9.35. The van der Waals surface area contributed by atoms with Crippen LogP contribution in [-0.4, -0.2) is 44.5 Å². The van der Waals surface area contributed by atoms with Crippen LogP contribution in [0.5, 0.6) is 0 Å². The van der Waals surface area contributed by atoms with Crippen LogP contribution in [0.3, 0.4) is 0 Å². The van der Waals surface area contributed by atoms with E-state index in [1.165, 1.54) is 18.1 Å². The minimum atomic E-state index is -0.524. The fourth-order valence-electron chi connectivity index (χ4n) is 1.04. The van der Waals surface area contributed by atoms with E-state index in [1.54, 1.807) is 0 Å². The summed E-state index contributed by atoms with van der Waals surface area (Å²) in [5.41, 5.74) is 0. The monoisotopic (exact) mass is 250 g/mol. The number of carbonyl (C=O) groups is 1. The van der Waals surface area contributed by atoms with Crippen LogP contribution < -0.4 is 0 Å². The molecular weight excluding hydrogens is 240 g/mol. The van der Waals surface area contributed by atoms with Gasteiger partial charge in [-0.15, -0.1) is 5.10 Å². The second kappa shape index (κ2) is 6.51. The molecule has 0 aliphatic carbocycles. The maximum Gasteiger partial charge on any atom is 0.347 e. The third-order valence-electron chi connectivity index (χ3n) is 1.73. The maximum atomic E-state index is 11.8. The molecule has 0 aliphatic heterocycles. The van der Waals surface area contributed by atoms with E-state index in [0.717, 1.165) is 15.3 Å². The molecule has 1 rings (SSSR count). The van der Waals surface area contributed by atoms with Crippen molar-refractivity contribution in [2.75, 3.05) is 18.8 Å². The van der Waals surface area contributed by atoms with E-state index in [-0.39, 0.29) is 13.1 Å². The van der Waals surface area contributed by atoms with Crippen LogP contribution in [-0.2, 0) is 0 Å². The van der Waals surface area contributed by atoms with E-state index in [1.807, 2.05) is 19.1 Å². The Balaban J connectivity index is 2.79. The van der Waals surface area contributed by atoms with Crippen molar-refractivity contribution >= 4 is 17.8 Å². The molecule has 0 saturated carbocycles. The maximum absolute atomic E-state index is 11.8. The van der Waals surface area contributed by atoms with Gasteiger partial charge in [-0.3, -0.25) is 4.90 Å². The highest BCUT2D eigenvalue weighted by Crippen LogP contribution is 2.10. The standard InChI is InChI=1S/C9H10N6OS/c1-2-17-8-12-7-15(13-8)9(16)14(5-3-10)6-4-11/h7H,2,5-6H2,1H3. The summed E-state index contributed by atoms with van der Waals surface area (Å²) in [6.45, 7) is 1.65. The van der Waals surface area contributed by atoms with Gasteiger partial charge < -0.3 is 0 Å². The lowest BCUT2D eigenvalue weighted by Crippen LogP contribution is -2.35. The van der Waals surface area contributed by atoms with E-state index in [4.69, 9.17) is 10.5 Å². The molecule has 1 heterocycles. The van der Waals surface area contributed by atoms with E-state index in [2.05, 4.69) is 10.1 Å². The van der Waals surface area contributed by atoms with Gasteiger partial charge in [0.05, 0.1) is 12.1 Å². The van der Waals surface area contributed by atoms with Crippen LogP contribution in [0.2, 0.25) is 0 Å². The first-order valence-electron chi connectivity index (χ1n) is 4.80. The predicted octanol–water partition coefficient (Wildman–Crippen LogP) is 0.707. The fourth-order valence-corrected chi connectivity index (χ4v) is 1.57. The Bertz CT molecular complexity index is 455. The summed E-state index contributed by atoms with van der Waals surface area (Å²) >= 11 is 1.41. The van der Waals surface area contributed by atoms with Crippen molar-refractivity contribution < 1.29 is 4.79 Å². The van der Waals surface area contributed by atoms with Crippen LogP contribution in [0.4, 0.5) is 4.79 Å². The van der Waals surface area contributed by atoms with Crippen molar-refractivity contribution in [2.24, 2.45) is 0 Å². The molecule has 0 saturated heterocycles. The van der Waals surface area contributed by atoms with E-state index in [0.29, 0.717) is 5.16 Å². The van der Waals surface area contributed by atoms with Crippen molar-refractivity contribution in [3.05, 3.63) is 6.33 Å². The molecule has 7 nitrogen and oxygen atoms in total. The Morgan fingerprint density at radius 2 is 2.18 bits per heavy atom. The lowest BCUT2D eigenvalue weighted by molar-refractivity contribution is 0.207. The molecule has 1 amide bonds. The number of carbonyl (C=O) groups excluding carboxylic acids is 1. The molecule has 1 aromatic rings. The number of nitriles is 2. The van der Waals surface area contributed by atoms with Gasteiger partial charge >= 0.3 is 6.03 Å². The molecular formula is C9H10N6OS. The molecule has 0 atom stereocenters. The summed E-state index contributed by atoms with van der Waals surface area (Å²) in [4.78, 5) is 16.8. The highest BCUT2D eigenvalue weighted by molar-refractivity contribution is 7.99. The number of aromatic nitrogens is 3. The lowest BCUT2D eigenvalue weighted by atomic mass is 10.5. The van der Waals surface area contributed by atoms with E-state index >= 15 is 0 Å². The van der Waals surface area contributed by atoms with E-state index < -0.39 is 6.03 Å². The van der Waals surface area contributed by atoms with Crippen LogP contribution in [0.15, 0.2) is 11.5 Å². The second-order valence-corrected chi connectivity index (χ2v) is 4.09. The molecule has 0 spiro atoms. The van der Waals surface area contributed by atoms with Crippen LogP contribution >= 0.6 is 11.8 Å². The van der Waals surface area contributed by atoms with Gasteiger partial charge in [-0.05, 0) is 5.75 Å². The van der Waals surface area contributed by atoms with Crippen LogP contribution in [0.25, 0.3) is 0 Å². The van der Waals surface area contributed by atoms with Gasteiger partial charge in [0, 0.05) is 0 Å². The summed E-state index contributed by atoms with van der Waals surface area (Å²) < 4.78 is 1.03. The second-order valence-electron chi connectivity index (χ2n) is 2.86. The predicted molar refractivity (Wildman–Crippen MR) is 60.0 cm³/mol. The Morgan fingerprint density at radius 3 is 2.71 bits per heavy atom. The Hall–Kier alpha value is -2.06. The first-order valence-corrected chi connectivity index (χ1v) is 5.79. The number of rotatable bonds is 4. The molecule has 0 fully saturated rings. The van der Waals surface area contributed by atoms with E-state index in [9.17, 15) is 4.79 Å². The van der Waals surface area contributed by atoms with Crippen molar-refractivity contribution in [3.8, 4) is 12.1 Å². The average molecular weight is 250 g/mol. The lowest BCUT2D eigenvalue weighted by Gasteiger charge is -2.14. The number of nitrogens with zero attached hydrogens (tertiary/aromatic N) is 6. The largest absolute Gasteiger partial charge is 0.347 e. The van der Waals surface area contributed by atoms with Gasteiger partial charge in [-0.1, -0.05) is 18.7 Å². The van der Waals surface area contributed by atoms with Gasteiger partial charge in [0.1, 0.15) is 19.4 Å². The van der Waals surface area contributed by atoms with Gasteiger partial charge in [0.15, 0.2) is 0 Å². The summed E-state index contributed by atoms with van der Waals surface area (Å²) in [6, 6.07) is 3.12. The molecule has 0 N–H and O–H groups in total. The molecule has 0 unspecified atom stereocenters. The Morgan fingerprint density at radius 1 is 1.53 bits per heavy atom. The summed E-state index contributed by atoms with van der Waals surface area (Å²) in [7, 11) is 0. The van der Waals surface area contributed by atoms with Crippen molar-refractivity contribution in [1.82, 2.24) is 19.7 Å². The number of amides is 1. The van der Waals surface area contributed by atoms with Gasteiger partial charge in [0.2, 0.25) is 5.16 Å². The smallest absolute Gasteiger partial charge is 0.296 e. The third-order valence-corrected chi connectivity index (χ3v) is 2.47. The first kappa shape index (κ1) is 13.0. The zero-order chi connectivity index (χ0) is 12.7. The van der Waals surface area contributed by atoms with Gasteiger partial charge in [-0.25, -0.2) is 9.78 Å². The molecule has 0 aliphatic rings. The highest BCUT2D eigenvalue weighted by atomic mass is 32.2. The number of thioether (sulfide) groups is 1. The quantitative estimate of drug-likeness (QED) is 0.576. The fraction of sp³-hybridized carbons (Fsp3) is 0.444. The Labute approximate surface area is 103 Å². The van der Waals surface area contributed by atoms with Gasteiger partial charge in [0.25, 0.3) is 0 Å². The van der Waals surface area contributed by atoms with Crippen LogP contribution in [0.1, 0.15) is 6.92 Å². The molecule has 17 heavy (non-hydrogen) atoms. The van der Waals surface area contributed by atoms with Crippen LogP contribution in [0, 0.1) is 22.7 Å². The third kappa shape index (κ3) is 3.47. The van der Waals surface area contributed by atoms with Crippen molar-refractivity contribution in [3.63, 3.8) is 0 Å². The molecule has 0 radical (unpaired) electrons. The average Bonchev–Trinajstić information content (AvgIpc) is 2.77. The zero-order valence-corrected chi connectivity index (χ0v) is 10.0. The summed E-state index contributed by atoms with van der Waals surface area (Å²) in [5.74, 6) is 0.804. The zero-order valence-electron chi connectivity index (χ0n) is 9.20.